The number of hydrogen-bond donors (Lipinski definition) is 2. The fourth-order valence-electron chi connectivity index (χ4n) is 4.45. The van der Waals surface area contributed by atoms with Crippen LogP contribution in [0.15, 0.2) is 79.6 Å². The average Bonchev–Trinajstić information content (AvgIpc) is 3.36. The number of nitrogens with one attached hydrogen (secondary N) is 2. The van der Waals surface area contributed by atoms with Crippen molar-refractivity contribution < 1.29 is 9.53 Å². The van der Waals surface area contributed by atoms with Gasteiger partial charge in [-0.1, -0.05) is 12.6 Å². The van der Waals surface area contributed by atoms with Gasteiger partial charge in [-0.3, -0.25) is 9.69 Å². The second-order valence-corrected chi connectivity index (χ2v) is 8.90. The first kappa shape index (κ1) is 24.5. The van der Waals surface area contributed by atoms with Gasteiger partial charge in [-0.05, 0) is 54.6 Å². The predicted molar refractivity (Wildman–Crippen MR) is 148 cm³/mol. The van der Waals surface area contributed by atoms with Crippen molar-refractivity contribution in [3.63, 3.8) is 0 Å². The predicted octanol–water partition coefficient (Wildman–Crippen LogP) is 4.06. The van der Waals surface area contributed by atoms with Crippen LogP contribution in [0.25, 0.3) is 16.7 Å². The number of carbonyl (C=O) groups is 1. The van der Waals surface area contributed by atoms with E-state index in [2.05, 4.69) is 56.3 Å². The lowest BCUT2D eigenvalue weighted by Crippen LogP contribution is -2.47. The zero-order valence-corrected chi connectivity index (χ0v) is 20.9. The van der Waals surface area contributed by atoms with Crippen molar-refractivity contribution in [3.8, 4) is 5.69 Å². The molecule has 37 heavy (non-hydrogen) atoms. The van der Waals surface area contributed by atoms with E-state index in [1.165, 1.54) is 11.8 Å². The number of fused-ring (bicyclic) bond motifs is 1. The highest BCUT2D eigenvalue weighted by molar-refractivity contribution is 5.99. The number of rotatable bonds is 9. The molecule has 0 atom stereocenters. The molecule has 0 aliphatic carbocycles. The van der Waals surface area contributed by atoms with Crippen LogP contribution in [-0.2, 0) is 9.53 Å². The molecule has 2 aromatic carbocycles. The van der Waals surface area contributed by atoms with E-state index < -0.39 is 0 Å². The van der Waals surface area contributed by atoms with Gasteiger partial charge in [0.15, 0.2) is 0 Å². The summed E-state index contributed by atoms with van der Waals surface area (Å²) in [7, 11) is 1.75. The van der Waals surface area contributed by atoms with Gasteiger partial charge in [-0.2, -0.15) is 4.98 Å². The zero-order chi connectivity index (χ0) is 25.6. The molecule has 0 spiro atoms. The molecule has 1 amide bonds. The van der Waals surface area contributed by atoms with E-state index in [9.17, 15) is 4.79 Å². The van der Waals surface area contributed by atoms with E-state index in [4.69, 9.17) is 9.72 Å². The van der Waals surface area contributed by atoms with Crippen LogP contribution in [-0.4, -0.2) is 71.8 Å². The van der Waals surface area contributed by atoms with Gasteiger partial charge in [-0.15, -0.1) is 0 Å². The molecule has 190 valence electrons. The van der Waals surface area contributed by atoms with Crippen LogP contribution in [0, 0.1) is 0 Å². The highest BCUT2D eigenvalue weighted by Crippen LogP contribution is 2.24. The Labute approximate surface area is 216 Å². The number of amides is 1. The smallest absolute Gasteiger partial charge is 0.247 e. The Morgan fingerprint density at radius 1 is 1.05 bits per heavy atom. The number of anilines is 4. The Morgan fingerprint density at radius 2 is 1.86 bits per heavy atom. The minimum absolute atomic E-state index is 0.251. The minimum Gasteiger partial charge on any atom is -0.383 e. The lowest BCUT2D eigenvalue weighted by atomic mass is 10.2. The SMILES string of the molecule is C=CC(=O)Nc1cccc(-n2ccc3cnc(Nc4ccc(N5CCN(CCOC)CC5)cc4)nc32)c1. The summed E-state index contributed by atoms with van der Waals surface area (Å²) in [4.78, 5) is 25.8. The van der Waals surface area contributed by atoms with Gasteiger partial charge in [0.2, 0.25) is 11.9 Å². The standard InChI is InChI=1S/C28H31N7O2/c1-3-26(36)30-23-5-4-6-25(19-23)35-12-11-21-20-29-28(32-27(21)35)31-22-7-9-24(10-8-22)34-15-13-33(14-16-34)17-18-37-2/h3-12,19-20H,1,13-18H2,2H3,(H,30,36)(H,29,31,32). The summed E-state index contributed by atoms with van der Waals surface area (Å²) in [6, 6.07) is 18.0. The molecule has 4 aromatic rings. The minimum atomic E-state index is -0.251. The first-order valence-corrected chi connectivity index (χ1v) is 12.3. The third-order valence-corrected chi connectivity index (χ3v) is 6.48. The Kier molecular flexibility index (Phi) is 7.43. The number of hydrogen-bond acceptors (Lipinski definition) is 7. The van der Waals surface area contributed by atoms with Crippen LogP contribution in [0.1, 0.15) is 0 Å². The quantitative estimate of drug-likeness (QED) is 0.337. The van der Waals surface area contributed by atoms with Crippen LogP contribution >= 0.6 is 0 Å². The first-order valence-electron chi connectivity index (χ1n) is 12.3. The van der Waals surface area contributed by atoms with Crippen molar-refractivity contribution in [2.75, 3.05) is 62.0 Å². The number of carbonyl (C=O) groups excluding carboxylic acids is 1. The summed E-state index contributed by atoms with van der Waals surface area (Å²) in [6.45, 7) is 9.36. The van der Waals surface area contributed by atoms with Crippen molar-refractivity contribution >= 4 is 40.0 Å². The molecule has 1 saturated heterocycles. The number of benzene rings is 2. The fraction of sp³-hybridized carbons (Fsp3) is 0.250. The van der Waals surface area contributed by atoms with E-state index in [1.807, 2.05) is 47.3 Å². The third-order valence-electron chi connectivity index (χ3n) is 6.48. The molecule has 1 aliphatic heterocycles. The molecule has 3 heterocycles. The lowest BCUT2D eigenvalue weighted by molar-refractivity contribution is -0.111. The van der Waals surface area contributed by atoms with Gasteiger partial charge in [0.25, 0.3) is 0 Å². The highest BCUT2D eigenvalue weighted by atomic mass is 16.5. The molecule has 1 fully saturated rings. The number of aromatic nitrogens is 3. The summed E-state index contributed by atoms with van der Waals surface area (Å²) < 4.78 is 7.17. The molecular formula is C28H31N7O2. The van der Waals surface area contributed by atoms with Crippen LogP contribution in [0.3, 0.4) is 0 Å². The fourth-order valence-corrected chi connectivity index (χ4v) is 4.45. The van der Waals surface area contributed by atoms with Gasteiger partial charge in [-0.25, -0.2) is 4.98 Å². The topological polar surface area (TPSA) is 87.6 Å². The molecular weight excluding hydrogens is 466 g/mol. The molecule has 9 nitrogen and oxygen atoms in total. The van der Waals surface area contributed by atoms with Gasteiger partial charge < -0.3 is 24.8 Å². The maximum Gasteiger partial charge on any atom is 0.247 e. The second-order valence-electron chi connectivity index (χ2n) is 8.90. The Morgan fingerprint density at radius 3 is 2.62 bits per heavy atom. The van der Waals surface area contributed by atoms with E-state index in [0.717, 1.165) is 61.7 Å². The molecule has 0 bridgehead atoms. The highest BCUT2D eigenvalue weighted by Gasteiger charge is 2.17. The number of methoxy groups -OCH3 is 1. The third kappa shape index (κ3) is 5.79. The van der Waals surface area contributed by atoms with Crippen molar-refractivity contribution in [1.29, 1.82) is 0 Å². The van der Waals surface area contributed by atoms with Crippen molar-refractivity contribution in [2.24, 2.45) is 0 Å². The molecule has 0 unspecified atom stereocenters. The molecule has 9 heteroatoms. The second kappa shape index (κ2) is 11.2. The van der Waals surface area contributed by atoms with E-state index in [-0.39, 0.29) is 5.91 Å². The molecule has 2 N–H and O–H groups in total. The Bertz CT molecular complexity index is 1380. The van der Waals surface area contributed by atoms with Gasteiger partial charge in [0.05, 0.1) is 6.61 Å². The monoisotopic (exact) mass is 497 g/mol. The van der Waals surface area contributed by atoms with Crippen molar-refractivity contribution in [1.82, 2.24) is 19.4 Å². The zero-order valence-electron chi connectivity index (χ0n) is 20.9. The molecule has 1 aliphatic rings. The maximum absolute atomic E-state index is 11.7. The number of ether oxygens (including phenoxy) is 1. The Balaban J connectivity index is 1.28. The van der Waals surface area contributed by atoms with E-state index >= 15 is 0 Å². The van der Waals surface area contributed by atoms with E-state index in [0.29, 0.717) is 11.6 Å². The molecule has 5 rings (SSSR count). The summed E-state index contributed by atoms with van der Waals surface area (Å²) in [5, 5.41) is 7.05. The van der Waals surface area contributed by atoms with Crippen LogP contribution in [0.2, 0.25) is 0 Å². The number of piperazine rings is 1. The van der Waals surface area contributed by atoms with Crippen LogP contribution < -0.4 is 15.5 Å². The summed E-state index contributed by atoms with van der Waals surface area (Å²) >= 11 is 0. The summed E-state index contributed by atoms with van der Waals surface area (Å²) in [5.41, 5.74) is 4.48. The van der Waals surface area contributed by atoms with Gasteiger partial charge >= 0.3 is 0 Å². The number of nitrogens with zero attached hydrogens (tertiary/aromatic N) is 5. The normalized spacial score (nSPS) is 14.0. The van der Waals surface area contributed by atoms with Gasteiger partial charge in [0, 0.05) is 80.4 Å². The first-order chi connectivity index (χ1) is 18.1. The lowest BCUT2D eigenvalue weighted by Gasteiger charge is -2.36. The average molecular weight is 498 g/mol. The molecule has 2 aromatic heterocycles. The van der Waals surface area contributed by atoms with Crippen LogP contribution in [0.4, 0.5) is 23.0 Å². The molecule has 0 saturated carbocycles. The van der Waals surface area contributed by atoms with Crippen LogP contribution in [0.5, 0.6) is 0 Å². The van der Waals surface area contributed by atoms with Crippen molar-refractivity contribution in [3.05, 3.63) is 79.6 Å². The van der Waals surface area contributed by atoms with E-state index in [1.54, 1.807) is 7.11 Å². The summed E-state index contributed by atoms with van der Waals surface area (Å²) in [5.74, 6) is 0.266. The van der Waals surface area contributed by atoms with Gasteiger partial charge in [0.1, 0.15) is 5.65 Å². The Hall–Kier alpha value is -4.21. The van der Waals surface area contributed by atoms with Crippen molar-refractivity contribution in [2.45, 2.75) is 0 Å². The largest absolute Gasteiger partial charge is 0.383 e. The summed E-state index contributed by atoms with van der Waals surface area (Å²) in [6.07, 6.45) is 5.00. The molecule has 0 radical (unpaired) electrons. The maximum atomic E-state index is 11.7.